The highest BCUT2D eigenvalue weighted by molar-refractivity contribution is 6.40. The molecule has 0 saturated heterocycles. The Morgan fingerprint density at radius 3 is 2.63 bits per heavy atom. The molecule has 1 aliphatic rings. The topological polar surface area (TPSA) is 217 Å². The lowest BCUT2D eigenvalue weighted by molar-refractivity contribution is -0.138. The van der Waals surface area contributed by atoms with Crippen LogP contribution in [0.3, 0.4) is 0 Å². The molecule has 15 heteroatoms. The number of hydrogen-bond acceptors (Lipinski definition) is 8. The number of rotatable bonds is 9. The number of aliphatic carboxylic acids is 1. The van der Waals surface area contributed by atoms with Crippen molar-refractivity contribution in [2.24, 2.45) is 4.99 Å². The van der Waals surface area contributed by atoms with Crippen LogP contribution in [-0.4, -0.2) is 76.9 Å². The van der Waals surface area contributed by atoms with Gasteiger partial charge < -0.3 is 36.9 Å². The summed E-state index contributed by atoms with van der Waals surface area (Å²) in [5, 5.41) is 42.4. The van der Waals surface area contributed by atoms with Gasteiger partial charge in [-0.15, -0.1) is 0 Å². The van der Waals surface area contributed by atoms with Gasteiger partial charge in [-0.05, 0) is 42.7 Å². The monoisotopic (exact) mass is 602 g/mol. The number of carboxylic acid groups (broad SMARTS) is 1. The molecule has 0 bridgehead atoms. The predicted molar refractivity (Wildman–Crippen MR) is 153 cm³/mol. The number of benzene rings is 2. The lowest BCUT2D eigenvalue weighted by Crippen LogP contribution is -2.46. The highest BCUT2D eigenvalue weighted by atomic mass is 35.5. The zero-order chi connectivity index (χ0) is 30.3. The lowest BCUT2D eigenvalue weighted by Gasteiger charge is -2.30. The number of anilines is 1. The molecule has 2 aromatic carbocycles. The van der Waals surface area contributed by atoms with E-state index in [4.69, 9.17) is 39.6 Å². The average Bonchev–Trinajstić information content (AvgIpc) is 2.94. The second-order valence-electron chi connectivity index (χ2n) is 9.17. The molecule has 0 saturated carbocycles. The number of carbonyl (C=O) groups is 3. The number of aliphatic hydroxyl groups is 1. The molecular formula is C26H28Cl2N8O5. The number of guanidine groups is 1. The minimum absolute atomic E-state index is 0.0296. The quantitative estimate of drug-likeness (QED) is 0.0723. The molecule has 0 aromatic heterocycles. The van der Waals surface area contributed by atoms with Crippen molar-refractivity contribution in [1.82, 2.24) is 20.9 Å². The number of nitrogens with two attached hydrogens (primary N) is 1. The summed E-state index contributed by atoms with van der Waals surface area (Å²) in [6, 6.07) is 4.25. The van der Waals surface area contributed by atoms with Crippen molar-refractivity contribution in [3.63, 3.8) is 0 Å². The first-order valence-corrected chi connectivity index (χ1v) is 13.1. The van der Waals surface area contributed by atoms with E-state index < -0.39 is 30.5 Å². The molecule has 0 spiro atoms. The van der Waals surface area contributed by atoms with Crippen molar-refractivity contribution in [3.8, 4) is 6.19 Å². The van der Waals surface area contributed by atoms with Crippen LogP contribution >= 0.6 is 23.2 Å². The first-order valence-electron chi connectivity index (χ1n) is 12.3. The second kappa shape index (κ2) is 13.8. The Bertz CT molecular complexity index is 1440. The number of carboxylic acids is 1. The highest BCUT2D eigenvalue weighted by Gasteiger charge is 2.29. The number of nitriles is 1. The molecular weight excluding hydrogens is 575 g/mol. The van der Waals surface area contributed by atoms with Crippen LogP contribution in [0.1, 0.15) is 44.3 Å². The van der Waals surface area contributed by atoms with Gasteiger partial charge in [0.25, 0.3) is 11.8 Å². The number of aliphatic imine (C=N–C) groups is 1. The third kappa shape index (κ3) is 7.43. The van der Waals surface area contributed by atoms with Crippen molar-refractivity contribution >= 4 is 58.8 Å². The Hall–Kier alpha value is -4.38. The van der Waals surface area contributed by atoms with Crippen LogP contribution in [-0.2, 0) is 17.8 Å². The van der Waals surface area contributed by atoms with Crippen LogP contribution < -0.4 is 21.7 Å². The Morgan fingerprint density at radius 2 is 2.02 bits per heavy atom. The summed E-state index contributed by atoms with van der Waals surface area (Å²) >= 11 is 13.0. The lowest BCUT2D eigenvalue weighted by atomic mass is 9.95. The number of nitrogen functional groups attached to an aromatic ring is 1. The molecule has 216 valence electrons. The number of amides is 2. The zero-order valence-corrected chi connectivity index (χ0v) is 23.4. The van der Waals surface area contributed by atoms with Crippen LogP contribution in [0.2, 0.25) is 10.0 Å². The smallest absolute Gasteiger partial charge is 0.328 e. The van der Waals surface area contributed by atoms with Gasteiger partial charge in [-0.1, -0.05) is 29.3 Å². The SMILES string of the molecule is C[C@H](CO)NC(=NC[C@H](NC(=O)c1c(Cl)cc2c(c1Cl)CCN(C(=O)c1ccc(C=N)c(N)c1)C2)C(=O)O)NC#N. The van der Waals surface area contributed by atoms with Crippen LogP contribution in [0.5, 0.6) is 0 Å². The highest BCUT2D eigenvalue weighted by Crippen LogP contribution is 2.35. The van der Waals surface area contributed by atoms with Gasteiger partial charge in [0, 0.05) is 42.2 Å². The Morgan fingerprint density at radius 1 is 1.29 bits per heavy atom. The van der Waals surface area contributed by atoms with Crippen molar-refractivity contribution in [2.45, 2.75) is 32.0 Å². The van der Waals surface area contributed by atoms with Crippen LogP contribution in [0.15, 0.2) is 29.3 Å². The van der Waals surface area contributed by atoms with Gasteiger partial charge in [-0.2, -0.15) is 5.26 Å². The maximum absolute atomic E-state index is 13.1. The maximum Gasteiger partial charge on any atom is 0.328 e. The molecule has 8 N–H and O–H groups in total. The third-order valence-corrected chi connectivity index (χ3v) is 6.99. The molecule has 1 heterocycles. The number of nitrogens with one attached hydrogen (secondary N) is 4. The molecule has 0 unspecified atom stereocenters. The van der Waals surface area contributed by atoms with E-state index in [9.17, 15) is 24.6 Å². The van der Waals surface area contributed by atoms with Crippen LogP contribution in [0.4, 0.5) is 5.69 Å². The van der Waals surface area contributed by atoms with E-state index in [-0.39, 0.29) is 40.6 Å². The Balaban J connectivity index is 1.79. The van der Waals surface area contributed by atoms with Crippen molar-refractivity contribution < 1.29 is 24.6 Å². The van der Waals surface area contributed by atoms with Gasteiger partial charge in [0.2, 0.25) is 5.96 Å². The standard InChI is InChI=1S/C26H28Cl2N8O5/c1-13(11-37)34-26(33-12-30)32-9-20(25(40)41)35-23(38)21-18(27)6-16-10-36(5-4-17(16)22(21)28)24(39)14-2-3-15(8-29)19(31)7-14/h2-3,6-8,13,20,29,37H,4-5,9-11,31H2,1H3,(H,35,38)(H,40,41)(H2,32,33,34)/t13-,20+/m1/s1. The first-order chi connectivity index (χ1) is 19.5. The summed E-state index contributed by atoms with van der Waals surface area (Å²) in [7, 11) is 0. The number of fused-ring (bicyclic) bond motifs is 1. The van der Waals surface area contributed by atoms with Gasteiger partial charge in [-0.3, -0.25) is 14.9 Å². The molecule has 1 aliphatic heterocycles. The van der Waals surface area contributed by atoms with Crippen LogP contribution in [0, 0.1) is 16.9 Å². The van der Waals surface area contributed by atoms with E-state index in [1.54, 1.807) is 30.1 Å². The average molecular weight is 603 g/mol. The number of hydrogen-bond donors (Lipinski definition) is 7. The van der Waals surface area contributed by atoms with Gasteiger partial charge in [-0.25, -0.2) is 9.79 Å². The number of carbonyl (C=O) groups excluding carboxylic acids is 2. The number of aliphatic hydroxyl groups excluding tert-OH is 1. The van der Waals surface area contributed by atoms with Crippen molar-refractivity contribution in [3.05, 3.63) is 62.1 Å². The number of nitrogens with zero attached hydrogens (tertiary/aromatic N) is 3. The van der Waals surface area contributed by atoms with Gasteiger partial charge in [0.1, 0.15) is 6.04 Å². The van der Waals surface area contributed by atoms with Crippen molar-refractivity contribution in [2.75, 3.05) is 25.4 Å². The fraction of sp³-hybridized carbons (Fsp3) is 0.308. The molecule has 3 rings (SSSR count). The molecule has 0 aliphatic carbocycles. The first kappa shape index (κ1) is 31.2. The summed E-state index contributed by atoms with van der Waals surface area (Å²) in [6.07, 6.45) is 3.07. The minimum Gasteiger partial charge on any atom is -0.480 e. The molecule has 2 atom stereocenters. The van der Waals surface area contributed by atoms with Gasteiger partial charge in [0.05, 0.1) is 28.8 Å². The fourth-order valence-corrected chi connectivity index (χ4v) is 4.87. The van der Waals surface area contributed by atoms with E-state index in [0.717, 1.165) is 6.21 Å². The second-order valence-corrected chi connectivity index (χ2v) is 9.95. The predicted octanol–water partition coefficient (Wildman–Crippen LogP) is 1.35. The molecule has 13 nitrogen and oxygen atoms in total. The van der Waals surface area contributed by atoms with Crippen LogP contribution in [0.25, 0.3) is 0 Å². The normalized spacial score (nSPS) is 14.2. The minimum atomic E-state index is -1.49. The Kier molecular flexibility index (Phi) is 10.5. The molecule has 2 amide bonds. The van der Waals surface area contributed by atoms with E-state index >= 15 is 0 Å². The van der Waals surface area contributed by atoms with Crippen molar-refractivity contribution in [1.29, 1.82) is 10.7 Å². The molecule has 41 heavy (non-hydrogen) atoms. The van der Waals surface area contributed by atoms with E-state index in [2.05, 4.69) is 20.9 Å². The van der Waals surface area contributed by atoms with E-state index in [0.29, 0.717) is 40.9 Å². The summed E-state index contributed by atoms with van der Waals surface area (Å²) in [5.74, 6) is -2.57. The van der Waals surface area contributed by atoms with E-state index in [1.807, 2.05) is 0 Å². The fourth-order valence-electron chi connectivity index (χ4n) is 4.11. The summed E-state index contributed by atoms with van der Waals surface area (Å²) in [6.45, 7) is 1.37. The summed E-state index contributed by atoms with van der Waals surface area (Å²) < 4.78 is 0. The number of halogens is 2. The zero-order valence-electron chi connectivity index (χ0n) is 21.9. The third-order valence-electron chi connectivity index (χ3n) is 6.27. The Labute approximate surface area is 245 Å². The summed E-state index contributed by atoms with van der Waals surface area (Å²) in [5.41, 5.74) is 8.22. The van der Waals surface area contributed by atoms with E-state index in [1.165, 1.54) is 12.1 Å². The summed E-state index contributed by atoms with van der Waals surface area (Å²) in [4.78, 5) is 43.6. The largest absolute Gasteiger partial charge is 0.480 e. The van der Waals surface area contributed by atoms with Gasteiger partial charge in [0.15, 0.2) is 6.19 Å². The van der Waals surface area contributed by atoms with Gasteiger partial charge >= 0.3 is 5.97 Å². The maximum atomic E-state index is 13.1. The molecule has 2 aromatic rings. The molecule has 0 fully saturated rings. The molecule has 0 radical (unpaired) electrons.